The second-order valence-corrected chi connectivity index (χ2v) is 10.5. The summed E-state index contributed by atoms with van der Waals surface area (Å²) in [7, 11) is -6.60. The monoisotopic (exact) mass is 376 g/mol. The number of benzene rings is 1. The lowest BCUT2D eigenvalue weighted by Crippen LogP contribution is -2.29. The molecule has 6 nitrogen and oxygen atoms in total. The number of sulfonamides is 2. The molecule has 0 aliphatic rings. The molecule has 0 unspecified atom stereocenters. The maximum Gasteiger partial charge on any atom is 0.212 e. The molecule has 0 saturated carbocycles. The van der Waals surface area contributed by atoms with E-state index in [0.717, 1.165) is 11.1 Å². The van der Waals surface area contributed by atoms with E-state index >= 15 is 0 Å². The summed E-state index contributed by atoms with van der Waals surface area (Å²) in [6.45, 7) is 7.79. The van der Waals surface area contributed by atoms with Crippen molar-refractivity contribution in [2.24, 2.45) is 11.8 Å². The predicted molar refractivity (Wildman–Crippen MR) is 97.4 cm³/mol. The standard InChI is InChI=1S/C16H28N2O4S2/c1-13(2)11-23(19,20)17-9-15-6-5-7-16(8-15)10-18-24(21,22)12-14(3)4/h5-8,13-14,17-18H,9-12H2,1-4H3. The molecule has 0 aliphatic carbocycles. The minimum Gasteiger partial charge on any atom is -0.212 e. The van der Waals surface area contributed by atoms with Crippen LogP contribution in [0, 0.1) is 11.8 Å². The van der Waals surface area contributed by atoms with Crippen molar-refractivity contribution in [3.8, 4) is 0 Å². The molecule has 0 aliphatic heterocycles. The highest BCUT2D eigenvalue weighted by Crippen LogP contribution is 2.08. The second kappa shape index (κ2) is 8.94. The molecule has 2 N–H and O–H groups in total. The zero-order chi connectivity index (χ0) is 18.4. The summed E-state index contributed by atoms with van der Waals surface area (Å²) in [5.41, 5.74) is 1.59. The van der Waals surface area contributed by atoms with E-state index in [-0.39, 0.29) is 36.4 Å². The van der Waals surface area contributed by atoms with Gasteiger partial charge in [0.1, 0.15) is 0 Å². The third-order valence-corrected chi connectivity index (χ3v) is 6.47. The average molecular weight is 377 g/mol. The van der Waals surface area contributed by atoms with Crippen LogP contribution in [0.25, 0.3) is 0 Å². The fraction of sp³-hybridized carbons (Fsp3) is 0.625. The van der Waals surface area contributed by atoms with Crippen molar-refractivity contribution in [3.05, 3.63) is 35.4 Å². The van der Waals surface area contributed by atoms with E-state index in [1.54, 1.807) is 12.1 Å². The number of nitrogens with one attached hydrogen (secondary N) is 2. The van der Waals surface area contributed by atoms with Crippen LogP contribution in [0.1, 0.15) is 38.8 Å². The zero-order valence-corrected chi connectivity index (χ0v) is 16.4. The van der Waals surface area contributed by atoms with Gasteiger partial charge in [-0.3, -0.25) is 0 Å². The molecule has 0 aromatic heterocycles. The Balaban J connectivity index is 2.64. The minimum atomic E-state index is -3.30. The summed E-state index contributed by atoms with van der Waals surface area (Å²) < 4.78 is 52.6. The van der Waals surface area contributed by atoms with E-state index in [4.69, 9.17) is 0 Å². The third-order valence-electron chi connectivity index (χ3n) is 3.09. The highest BCUT2D eigenvalue weighted by molar-refractivity contribution is 7.89. The Bertz CT molecular complexity index is 667. The molecule has 0 saturated heterocycles. The molecule has 0 fully saturated rings. The molecule has 138 valence electrons. The van der Waals surface area contributed by atoms with Crippen molar-refractivity contribution in [1.29, 1.82) is 0 Å². The normalized spacial score (nSPS) is 12.9. The van der Waals surface area contributed by atoms with E-state index in [1.165, 1.54) is 0 Å². The lowest BCUT2D eigenvalue weighted by Gasteiger charge is -2.11. The maximum absolute atomic E-state index is 11.9. The van der Waals surface area contributed by atoms with Crippen molar-refractivity contribution in [1.82, 2.24) is 9.44 Å². The molecule has 24 heavy (non-hydrogen) atoms. The quantitative estimate of drug-likeness (QED) is 0.652. The van der Waals surface area contributed by atoms with E-state index < -0.39 is 20.0 Å². The fourth-order valence-electron chi connectivity index (χ4n) is 2.23. The summed E-state index contributed by atoms with van der Waals surface area (Å²) in [5.74, 6) is 0.289. The molecular weight excluding hydrogens is 348 g/mol. The van der Waals surface area contributed by atoms with E-state index in [9.17, 15) is 16.8 Å². The molecule has 8 heteroatoms. The molecule has 0 bridgehead atoms. The van der Waals surface area contributed by atoms with Crippen LogP contribution in [0.3, 0.4) is 0 Å². The Labute approximate surface area is 146 Å². The molecule has 0 atom stereocenters. The van der Waals surface area contributed by atoms with Gasteiger partial charge in [0.05, 0.1) is 11.5 Å². The molecule has 0 spiro atoms. The lowest BCUT2D eigenvalue weighted by molar-refractivity contribution is 0.567. The predicted octanol–water partition coefficient (Wildman–Crippen LogP) is 1.84. The molecule has 1 rings (SSSR count). The summed E-state index contributed by atoms with van der Waals surface area (Å²) in [4.78, 5) is 0. The van der Waals surface area contributed by atoms with Gasteiger partial charge in [-0.25, -0.2) is 26.3 Å². The molecule has 0 heterocycles. The van der Waals surface area contributed by atoms with Gasteiger partial charge >= 0.3 is 0 Å². The van der Waals surface area contributed by atoms with Gasteiger partial charge in [-0.2, -0.15) is 0 Å². The smallest absolute Gasteiger partial charge is 0.212 e. The molecular formula is C16H28N2O4S2. The van der Waals surface area contributed by atoms with Crippen LogP contribution >= 0.6 is 0 Å². The zero-order valence-electron chi connectivity index (χ0n) is 14.7. The van der Waals surface area contributed by atoms with Crippen molar-refractivity contribution >= 4 is 20.0 Å². The number of rotatable bonds is 10. The number of hydrogen-bond donors (Lipinski definition) is 2. The van der Waals surface area contributed by atoms with Crippen LogP contribution in [0.2, 0.25) is 0 Å². The Morgan fingerprint density at radius 1 is 0.792 bits per heavy atom. The van der Waals surface area contributed by atoms with Crippen LogP contribution in [0.15, 0.2) is 24.3 Å². The molecule has 0 radical (unpaired) electrons. The van der Waals surface area contributed by atoms with Crippen molar-refractivity contribution < 1.29 is 16.8 Å². The number of hydrogen-bond acceptors (Lipinski definition) is 4. The van der Waals surface area contributed by atoms with E-state index in [1.807, 2.05) is 39.8 Å². The van der Waals surface area contributed by atoms with Gasteiger partial charge in [0.15, 0.2) is 0 Å². The van der Waals surface area contributed by atoms with Gasteiger partial charge in [0.2, 0.25) is 20.0 Å². The van der Waals surface area contributed by atoms with E-state index in [0.29, 0.717) is 0 Å². The third kappa shape index (κ3) is 8.77. The fourth-order valence-corrected chi connectivity index (χ4v) is 5.00. The van der Waals surface area contributed by atoms with Gasteiger partial charge in [0, 0.05) is 13.1 Å². The van der Waals surface area contributed by atoms with Crippen LogP contribution in [0.4, 0.5) is 0 Å². The summed E-state index contributed by atoms with van der Waals surface area (Å²) in [6.07, 6.45) is 0. The maximum atomic E-state index is 11.9. The summed E-state index contributed by atoms with van der Waals surface area (Å²) in [5, 5.41) is 0. The Morgan fingerprint density at radius 3 is 1.50 bits per heavy atom. The average Bonchev–Trinajstić information content (AvgIpc) is 2.41. The molecule has 0 amide bonds. The van der Waals surface area contributed by atoms with Crippen LogP contribution in [-0.4, -0.2) is 28.3 Å². The first-order valence-electron chi connectivity index (χ1n) is 8.01. The van der Waals surface area contributed by atoms with Crippen molar-refractivity contribution in [3.63, 3.8) is 0 Å². The van der Waals surface area contributed by atoms with E-state index in [2.05, 4.69) is 9.44 Å². The van der Waals surface area contributed by atoms with Crippen LogP contribution in [0.5, 0.6) is 0 Å². The molecule has 1 aromatic rings. The van der Waals surface area contributed by atoms with Crippen LogP contribution in [-0.2, 0) is 33.1 Å². The van der Waals surface area contributed by atoms with Gasteiger partial charge in [-0.05, 0) is 23.0 Å². The summed E-state index contributed by atoms with van der Waals surface area (Å²) in [6, 6.07) is 7.21. The van der Waals surface area contributed by atoms with Crippen molar-refractivity contribution in [2.75, 3.05) is 11.5 Å². The van der Waals surface area contributed by atoms with Crippen LogP contribution < -0.4 is 9.44 Å². The second-order valence-electron chi connectivity index (χ2n) is 6.81. The first-order valence-corrected chi connectivity index (χ1v) is 11.3. The largest absolute Gasteiger partial charge is 0.212 e. The first kappa shape index (κ1) is 21.1. The Morgan fingerprint density at radius 2 is 1.17 bits per heavy atom. The van der Waals surface area contributed by atoms with Crippen molar-refractivity contribution in [2.45, 2.75) is 40.8 Å². The van der Waals surface area contributed by atoms with Gasteiger partial charge in [0.25, 0.3) is 0 Å². The highest BCUT2D eigenvalue weighted by atomic mass is 32.2. The lowest BCUT2D eigenvalue weighted by atomic mass is 10.1. The minimum absolute atomic E-state index is 0.0594. The first-order chi connectivity index (χ1) is 11.0. The van der Waals surface area contributed by atoms with Gasteiger partial charge in [-0.15, -0.1) is 0 Å². The Kier molecular flexibility index (Phi) is 7.85. The highest BCUT2D eigenvalue weighted by Gasteiger charge is 2.14. The van der Waals surface area contributed by atoms with Gasteiger partial charge in [-0.1, -0.05) is 52.0 Å². The SMILES string of the molecule is CC(C)CS(=O)(=O)NCc1cccc(CNS(=O)(=O)CC(C)C)c1. The summed E-state index contributed by atoms with van der Waals surface area (Å²) >= 11 is 0. The van der Waals surface area contributed by atoms with Gasteiger partial charge < -0.3 is 0 Å². The Hall–Kier alpha value is -0.960. The molecule has 1 aromatic carbocycles. The topological polar surface area (TPSA) is 92.3 Å².